The van der Waals surface area contributed by atoms with Crippen molar-refractivity contribution in [3.05, 3.63) is 47.5 Å². The van der Waals surface area contributed by atoms with Crippen LogP contribution in [0.25, 0.3) is 11.0 Å². The fraction of sp³-hybridized carbons (Fsp3) is 0.300. The highest BCUT2D eigenvalue weighted by Crippen LogP contribution is 2.24. The molecule has 2 N–H and O–H groups in total. The molecule has 142 valence electrons. The molecule has 0 unspecified atom stereocenters. The van der Waals surface area contributed by atoms with Crippen molar-refractivity contribution in [2.75, 3.05) is 19.5 Å². The van der Waals surface area contributed by atoms with Gasteiger partial charge in [0.1, 0.15) is 5.75 Å². The molecule has 0 saturated carbocycles. The summed E-state index contributed by atoms with van der Waals surface area (Å²) in [6.07, 6.45) is 0.129. The number of anilines is 2. The molecule has 2 aromatic carbocycles. The number of imidazole rings is 1. The highest BCUT2D eigenvalue weighted by atomic mass is 16.5. The molecule has 0 bridgehead atoms. The molecule has 0 aliphatic heterocycles. The predicted molar refractivity (Wildman–Crippen MR) is 104 cm³/mol. The number of H-pyrrole nitrogens is 1. The number of hydrogen-bond acceptors (Lipinski definition) is 6. The Morgan fingerprint density at radius 1 is 1.19 bits per heavy atom. The van der Waals surface area contributed by atoms with Gasteiger partial charge in [0.05, 0.1) is 36.4 Å². The van der Waals surface area contributed by atoms with Crippen molar-refractivity contribution in [1.29, 1.82) is 0 Å². The minimum atomic E-state index is -0.415. The average molecular weight is 369 g/mol. The second kappa shape index (κ2) is 8.09. The molecule has 0 atom stereocenters. The lowest BCUT2D eigenvalue weighted by Gasteiger charge is -2.10. The lowest BCUT2D eigenvalue weighted by atomic mass is 10.1. The van der Waals surface area contributed by atoms with E-state index in [1.165, 1.54) is 7.11 Å². The third-order valence-corrected chi connectivity index (χ3v) is 3.90. The van der Waals surface area contributed by atoms with Gasteiger partial charge in [0.15, 0.2) is 0 Å². The van der Waals surface area contributed by atoms with Crippen LogP contribution in [-0.4, -0.2) is 36.3 Å². The van der Waals surface area contributed by atoms with Gasteiger partial charge in [0, 0.05) is 12.8 Å². The van der Waals surface area contributed by atoms with E-state index >= 15 is 0 Å². The molecule has 7 heteroatoms. The van der Waals surface area contributed by atoms with Crippen LogP contribution in [0.4, 0.5) is 11.6 Å². The topological polar surface area (TPSA) is 85.5 Å². The van der Waals surface area contributed by atoms with Crippen LogP contribution in [0.5, 0.6) is 5.75 Å². The van der Waals surface area contributed by atoms with Crippen LogP contribution in [0.2, 0.25) is 0 Å². The monoisotopic (exact) mass is 369 g/mol. The van der Waals surface area contributed by atoms with Gasteiger partial charge in [-0.1, -0.05) is 0 Å². The summed E-state index contributed by atoms with van der Waals surface area (Å²) in [4.78, 5) is 19.7. The fourth-order valence-electron chi connectivity index (χ4n) is 2.76. The summed E-state index contributed by atoms with van der Waals surface area (Å²) in [7, 11) is 2.94. The Labute approximate surface area is 157 Å². The van der Waals surface area contributed by atoms with Crippen molar-refractivity contribution in [3.63, 3.8) is 0 Å². The number of ether oxygens (including phenoxy) is 3. The van der Waals surface area contributed by atoms with E-state index in [1.54, 1.807) is 13.2 Å². The number of hydrogen-bond donors (Lipinski definition) is 2. The minimum Gasteiger partial charge on any atom is -0.491 e. The average Bonchev–Trinajstić information content (AvgIpc) is 3.03. The number of aromatic nitrogens is 2. The molecule has 0 radical (unpaired) electrons. The quantitative estimate of drug-likeness (QED) is 0.612. The molecular formula is C20H23N3O4. The summed E-state index contributed by atoms with van der Waals surface area (Å²) >= 11 is 0. The number of rotatable bonds is 7. The van der Waals surface area contributed by atoms with E-state index in [0.29, 0.717) is 23.6 Å². The first kappa shape index (κ1) is 18.7. The van der Waals surface area contributed by atoms with E-state index in [4.69, 9.17) is 14.2 Å². The van der Waals surface area contributed by atoms with Crippen molar-refractivity contribution in [2.24, 2.45) is 0 Å². The second-order valence-corrected chi connectivity index (χ2v) is 6.35. The molecular weight excluding hydrogens is 346 g/mol. The number of methoxy groups -OCH3 is 2. The van der Waals surface area contributed by atoms with Crippen molar-refractivity contribution >= 4 is 28.6 Å². The molecule has 1 heterocycles. The summed E-state index contributed by atoms with van der Waals surface area (Å²) in [6, 6.07) is 11.2. The van der Waals surface area contributed by atoms with Crippen molar-refractivity contribution < 1.29 is 19.0 Å². The van der Waals surface area contributed by atoms with E-state index in [1.807, 2.05) is 44.2 Å². The van der Waals surface area contributed by atoms with Gasteiger partial charge in [-0.05, 0) is 55.8 Å². The standard InChI is InChI=1S/C20H23N3O4/c1-12(2)27-15-7-5-14(6-8-15)21-20-22-17-9-13(11-25-3)16(19(24)26-4)10-18(17)23-20/h5-10,12H,11H2,1-4H3,(H2,21,22,23). The molecule has 3 rings (SSSR count). The molecule has 0 spiro atoms. The predicted octanol–water partition coefficient (Wildman–Crippen LogP) is 4.03. The molecule has 1 aromatic heterocycles. The molecule has 0 aliphatic carbocycles. The van der Waals surface area contributed by atoms with E-state index < -0.39 is 5.97 Å². The Bertz CT molecular complexity index is 932. The van der Waals surface area contributed by atoms with Crippen molar-refractivity contribution in [1.82, 2.24) is 9.97 Å². The molecule has 3 aromatic rings. The molecule has 0 amide bonds. The highest BCUT2D eigenvalue weighted by molar-refractivity contribution is 5.96. The van der Waals surface area contributed by atoms with E-state index in [9.17, 15) is 4.79 Å². The SMILES string of the molecule is COCc1cc2[nH]c(Nc3ccc(OC(C)C)cc3)nc2cc1C(=O)OC. The van der Waals surface area contributed by atoms with Crippen LogP contribution in [-0.2, 0) is 16.1 Å². The van der Waals surface area contributed by atoms with Crippen LogP contribution in [0.3, 0.4) is 0 Å². The van der Waals surface area contributed by atoms with Gasteiger partial charge in [-0.25, -0.2) is 9.78 Å². The fourth-order valence-corrected chi connectivity index (χ4v) is 2.76. The van der Waals surface area contributed by atoms with Gasteiger partial charge in [0.25, 0.3) is 0 Å². The number of aromatic amines is 1. The lowest BCUT2D eigenvalue weighted by molar-refractivity contribution is 0.0596. The van der Waals surface area contributed by atoms with E-state index in [0.717, 1.165) is 22.5 Å². The zero-order valence-corrected chi connectivity index (χ0v) is 15.8. The Kier molecular flexibility index (Phi) is 5.61. The van der Waals surface area contributed by atoms with Gasteiger partial charge >= 0.3 is 5.97 Å². The van der Waals surface area contributed by atoms with Crippen LogP contribution in [0.1, 0.15) is 29.8 Å². The van der Waals surface area contributed by atoms with Crippen molar-refractivity contribution in [3.8, 4) is 5.75 Å². The van der Waals surface area contributed by atoms with E-state index in [-0.39, 0.29) is 6.10 Å². The number of nitrogens with one attached hydrogen (secondary N) is 2. The first-order valence-electron chi connectivity index (χ1n) is 8.63. The first-order valence-corrected chi connectivity index (χ1v) is 8.63. The lowest BCUT2D eigenvalue weighted by Crippen LogP contribution is -2.06. The van der Waals surface area contributed by atoms with Crippen LogP contribution < -0.4 is 10.1 Å². The molecule has 7 nitrogen and oxygen atoms in total. The Hall–Kier alpha value is -3.06. The summed E-state index contributed by atoms with van der Waals surface area (Å²) in [5.41, 5.74) is 3.52. The molecule has 27 heavy (non-hydrogen) atoms. The van der Waals surface area contributed by atoms with Crippen molar-refractivity contribution in [2.45, 2.75) is 26.6 Å². The van der Waals surface area contributed by atoms with Crippen LogP contribution in [0.15, 0.2) is 36.4 Å². The van der Waals surface area contributed by atoms with E-state index in [2.05, 4.69) is 15.3 Å². The number of esters is 1. The number of fused-ring (bicyclic) bond motifs is 1. The third kappa shape index (κ3) is 4.38. The first-order chi connectivity index (χ1) is 13.0. The minimum absolute atomic E-state index is 0.129. The zero-order valence-electron chi connectivity index (χ0n) is 15.8. The maximum atomic E-state index is 12.0. The maximum Gasteiger partial charge on any atom is 0.338 e. The Morgan fingerprint density at radius 2 is 1.93 bits per heavy atom. The van der Waals surface area contributed by atoms with Gasteiger partial charge in [-0.15, -0.1) is 0 Å². The van der Waals surface area contributed by atoms with Gasteiger partial charge < -0.3 is 24.5 Å². The smallest absolute Gasteiger partial charge is 0.338 e. The normalized spacial score (nSPS) is 11.0. The van der Waals surface area contributed by atoms with Gasteiger partial charge in [0.2, 0.25) is 5.95 Å². The van der Waals surface area contributed by atoms with Crippen LogP contribution in [0, 0.1) is 0 Å². The summed E-state index contributed by atoms with van der Waals surface area (Å²) in [6.45, 7) is 4.28. The number of benzene rings is 2. The highest BCUT2D eigenvalue weighted by Gasteiger charge is 2.15. The summed E-state index contributed by atoms with van der Waals surface area (Å²) < 4.78 is 15.7. The largest absolute Gasteiger partial charge is 0.491 e. The zero-order chi connectivity index (χ0) is 19.4. The molecule has 0 fully saturated rings. The Morgan fingerprint density at radius 3 is 2.56 bits per heavy atom. The Balaban J connectivity index is 1.86. The maximum absolute atomic E-state index is 12.0. The number of carbonyl (C=O) groups is 1. The third-order valence-electron chi connectivity index (χ3n) is 3.90. The number of carbonyl (C=O) groups excluding carboxylic acids is 1. The molecule has 0 aliphatic rings. The molecule has 0 saturated heterocycles. The van der Waals surface area contributed by atoms with Crippen LogP contribution >= 0.6 is 0 Å². The second-order valence-electron chi connectivity index (χ2n) is 6.35. The number of nitrogens with zero attached hydrogens (tertiary/aromatic N) is 1. The van der Waals surface area contributed by atoms with Gasteiger partial charge in [-0.2, -0.15) is 0 Å². The van der Waals surface area contributed by atoms with Gasteiger partial charge in [-0.3, -0.25) is 0 Å². The summed E-state index contributed by atoms with van der Waals surface area (Å²) in [5, 5.41) is 3.22. The summed E-state index contributed by atoms with van der Waals surface area (Å²) in [5.74, 6) is 0.974.